The van der Waals surface area contributed by atoms with Crippen LogP contribution in [0.1, 0.15) is 6.92 Å². The molecule has 0 bridgehead atoms. The molecule has 0 aliphatic heterocycles. The molecule has 0 N–H and O–H groups in total. The zero-order chi connectivity index (χ0) is 12.6. The minimum Gasteiger partial charge on any atom is -0.331 e. The number of aromatic nitrogens is 2. The van der Waals surface area contributed by atoms with Gasteiger partial charge < -0.3 is 4.57 Å². The van der Waals surface area contributed by atoms with Crippen LogP contribution in [0.15, 0.2) is 29.4 Å². The van der Waals surface area contributed by atoms with E-state index in [4.69, 9.17) is 0 Å². The molecule has 0 saturated carbocycles. The Balaban J connectivity index is 2.61. The first-order chi connectivity index (χ1) is 7.96. The zero-order valence-electron chi connectivity index (χ0n) is 10.1. The van der Waals surface area contributed by atoms with E-state index in [9.17, 15) is 8.42 Å². The number of fused-ring (bicyclic) bond motifs is 1. The fourth-order valence-electron chi connectivity index (χ4n) is 1.67. The van der Waals surface area contributed by atoms with Crippen LogP contribution in [0.25, 0.3) is 11.0 Å². The number of nitrogens with zero attached hydrogens (tertiary/aromatic N) is 3. The van der Waals surface area contributed by atoms with Gasteiger partial charge in [0.25, 0.3) is 0 Å². The Kier molecular flexibility index (Phi) is 2.92. The van der Waals surface area contributed by atoms with Gasteiger partial charge in [-0.3, -0.25) is 0 Å². The van der Waals surface area contributed by atoms with Crippen molar-refractivity contribution < 1.29 is 8.42 Å². The molecular formula is C11H15N3O2S. The molecular weight excluding hydrogens is 238 g/mol. The van der Waals surface area contributed by atoms with Crippen LogP contribution in [0.5, 0.6) is 0 Å². The standard InChI is InChI=1S/C11H15N3O2S/c1-4-14-8-12-10-7-9(5-6-11(10)14)17(15,16)13(2)3/h5-8H,4H2,1-3H3. The van der Waals surface area contributed by atoms with Crippen LogP contribution < -0.4 is 0 Å². The van der Waals surface area contributed by atoms with Crippen molar-refractivity contribution in [1.82, 2.24) is 13.9 Å². The second kappa shape index (κ2) is 4.12. The summed E-state index contributed by atoms with van der Waals surface area (Å²) in [4.78, 5) is 4.48. The summed E-state index contributed by atoms with van der Waals surface area (Å²) in [6, 6.07) is 5.02. The van der Waals surface area contributed by atoms with E-state index in [2.05, 4.69) is 4.98 Å². The molecule has 17 heavy (non-hydrogen) atoms. The highest BCUT2D eigenvalue weighted by atomic mass is 32.2. The largest absolute Gasteiger partial charge is 0.331 e. The van der Waals surface area contributed by atoms with Gasteiger partial charge in [-0.15, -0.1) is 0 Å². The van der Waals surface area contributed by atoms with Crippen molar-refractivity contribution in [2.24, 2.45) is 0 Å². The van der Waals surface area contributed by atoms with E-state index in [0.717, 1.165) is 12.1 Å². The SMILES string of the molecule is CCn1cnc2cc(S(=O)(=O)N(C)C)ccc21. The van der Waals surface area contributed by atoms with Gasteiger partial charge in [0.15, 0.2) is 0 Å². The molecule has 0 spiro atoms. The molecule has 0 atom stereocenters. The van der Waals surface area contributed by atoms with E-state index in [1.165, 1.54) is 18.4 Å². The summed E-state index contributed by atoms with van der Waals surface area (Å²) in [6.45, 7) is 2.84. The van der Waals surface area contributed by atoms with E-state index in [0.29, 0.717) is 5.52 Å². The van der Waals surface area contributed by atoms with Crippen molar-refractivity contribution in [1.29, 1.82) is 0 Å². The highest BCUT2D eigenvalue weighted by Crippen LogP contribution is 2.19. The molecule has 5 nitrogen and oxygen atoms in total. The number of hydrogen-bond donors (Lipinski definition) is 0. The predicted molar refractivity (Wildman–Crippen MR) is 66.3 cm³/mol. The summed E-state index contributed by atoms with van der Waals surface area (Å²) >= 11 is 0. The number of sulfonamides is 1. The van der Waals surface area contributed by atoms with Gasteiger partial charge in [-0.25, -0.2) is 17.7 Å². The highest BCUT2D eigenvalue weighted by molar-refractivity contribution is 7.89. The monoisotopic (exact) mass is 253 g/mol. The Bertz CT molecular complexity index is 644. The Morgan fingerprint density at radius 3 is 2.65 bits per heavy atom. The maximum absolute atomic E-state index is 11.9. The number of hydrogen-bond acceptors (Lipinski definition) is 3. The van der Waals surface area contributed by atoms with Gasteiger partial charge in [0, 0.05) is 20.6 Å². The van der Waals surface area contributed by atoms with Crippen molar-refractivity contribution in [2.75, 3.05) is 14.1 Å². The smallest absolute Gasteiger partial charge is 0.242 e. The van der Waals surface area contributed by atoms with Gasteiger partial charge in [-0.1, -0.05) is 0 Å². The molecule has 92 valence electrons. The van der Waals surface area contributed by atoms with Crippen molar-refractivity contribution in [3.05, 3.63) is 24.5 Å². The second-order valence-electron chi connectivity index (χ2n) is 3.97. The molecule has 2 rings (SSSR count). The minimum atomic E-state index is -3.38. The lowest BCUT2D eigenvalue weighted by Gasteiger charge is -2.11. The summed E-state index contributed by atoms with van der Waals surface area (Å²) in [5.74, 6) is 0. The van der Waals surface area contributed by atoms with Crippen molar-refractivity contribution >= 4 is 21.1 Å². The van der Waals surface area contributed by atoms with Crippen LogP contribution >= 0.6 is 0 Å². The van der Waals surface area contributed by atoms with E-state index in [1.807, 2.05) is 11.5 Å². The molecule has 0 unspecified atom stereocenters. The maximum Gasteiger partial charge on any atom is 0.242 e. The first-order valence-corrected chi connectivity index (χ1v) is 6.78. The third kappa shape index (κ3) is 1.94. The number of rotatable bonds is 3. The molecule has 0 aliphatic carbocycles. The molecule has 6 heteroatoms. The fourth-order valence-corrected chi connectivity index (χ4v) is 2.59. The maximum atomic E-state index is 11.9. The lowest BCUT2D eigenvalue weighted by atomic mass is 10.3. The summed E-state index contributed by atoms with van der Waals surface area (Å²) in [7, 11) is -0.346. The predicted octanol–water partition coefficient (Wildman–Crippen LogP) is 1.31. The first kappa shape index (κ1) is 12.1. The average molecular weight is 253 g/mol. The lowest BCUT2D eigenvalue weighted by molar-refractivity contribution is 0.521. The number of aryl methyl sites for hydroxylation is 1. The molecule has 1 aromatic heterocycles. The third-order valence-corrected chi connectivity index (χ3v) is 4.52. The van der Waals surface area contributed by atoms with E-state index >= 15 is 0 Å². The summed E-state index contributed by atoms with van der Waals surface area (Å²) < 4.78 is 27.1. The van der Waals surface area contributed by atoms with Gasteiger partial charge in [0.2, 0.25) is 10.0 Å². The normalized spacial score (nSPS) is 12.5. The molecule has 0 fully saturated rings. The van der Waals surface area contributed by atoms with Gasteiger partial charge in [0.05, 0.1) is 22.3 Å². The molecule has 0 aliphatic rings. The quantitative estimate of drug-likeness (QED) is 0.828. The Hall–Kier alpha value is -1.40. The van der Waals surface area contributed by atoms with E-state index < -0.39 is 10.0 Å². The molecule has 1 heterocycles. The fraction of sp³-hybridized carbons (Fsp3) is 0.364. The minimum absolute atomic E-state index is 0.274. The summed E-state index contributed by atoms with van der Waals surface area (Å²) in [6.07, 6.45) is 1.72. The van der Waals surface area contributed by atoms with Crippen molar-refractivity contribution in [2.45, 2.75) is 18.4 Å². The Morgan fingerprint density at radius 2 is 2.06 bits per heavy atom. The number of imidazole rings is 1. The molecule has 0 radical (unpaired) electrons. The molecule has 2 aromatic rings. The molecule has 1 aromatic carbocycles. The van der Waals surface area contributed by atoms with Crippen LogP contribution in [0.4, 0.5) is 0 Å². The van der Waals surface area contributed by atoms with Gasteiger partial charge in [0.1, 0.15) is 0 Å². The molecule has 0 saturated heterocycles. The van der Waals surface area contributed by atoms with Crippen LogP contribution in [-0.2, 0) is 16.6 Å². The van der Waals surface area contributed by atoms with E-state index in [-0.39, 0.29) is 4.90 Å². The van der Waals surface area contributed by atoms with Gasteiger partial charge in [-0.2, -0.15) is 0 Å². The topological polar surface area (TPSA) is 55.2 Å². The zero-order valence-corrected chi connectivity index (χ0v) is 10.9. The lowest BCUT2D eigenvalue weighted by Crippen LogP contribution is -2.22. The van der Waals surface area contributed by atoms with Gasteiger partial charge >= 0.3 is 0 Å². The van der Waals surface area contributed by atoms with Gasteiger partial charge in [-0.05, 0) is 25.1 Å². The highest BCUT2D eigenvalue weighted by Gasteiger charge is 2.18. The first-order valence-electron chi connectivity index (χ1n) is 5.34. The summed E-state index contributed by atoms with van der Waals surface area (Å²) in [5.41, 5.74) is 1.65. The van der Waals surface area contributed by atoms with Crippen LogP contribution in [0.3, 0.4) is 0 Å². The molecule has 0 amide bonds. The average Bonchev–Trinajstić information content (AvgIpc) is 2.70. The Morgan fingerprint density at radius 1 is 1.35 bits per heavy atom. The Labute approximate surface area is 101 Å². The van der Waals surface area contributed by atoms with Crippen LogP contribution in [0.2, 0.25) is 0 Å². The van der Waals surface area contributed by atoms with Crippen molar-refractivity contribution in [3.8, 4) is 0 Å². The summed E-state index contributed by atoms with van der Waals surface area (Å²) in [5, 5.41) is 0. The van der Waals surface area contributed by atoms with E-state index in [1.54, 1.807) is 24.5 Å². The van der Waals surface area contributed by atoms with Crippen LogP contribution in [0, 0.1) is 0 Å². The van der Waals surface area contributed by atoms with Crippen LogP contribution in [-0.4, -0.2) is 36.4 Å². The van der Waals surface area contributed by atoms with Crippen molar-refractivity contribution in [3.63, 3.8) is 0 Å². The third-order valence-electron chi connectivity index (χ3n) is 2.71. The number of benzene rings is 1. The second-order valence-corrected chi connectivity index (χ2v) is 6.12.